The van der Waals surface area contributed by atoms with Gasteiger partial charge in [0.05, 0.1) is 22.2 Å². The molecule has 0 aliphatic carbocycles. The van der Waals surface area contributed by atoms with Gasteiger partial charge in [0.15, 0.2) is 5.82 Å². The molecule has 0 unspecified atom stereocenters. The van der Waals surface area contributed by atoms with Gasteiger partial charge in [-0.3, -0.25) is 14.2 Å². The summed E-state index contributed by atoms with van der Waals surface area (Å²) in [5.41, 5.74) is 2.45. The van der Waals surface area contributed by atoms with Gasteiger partial charge in [-0.05, 0) is 37.3 Å². The number of halogens is 1. The van der Waals surface area contributed by atoms with Crippen LogP contribution in [0.1, 0.15) is 21.7 Å². The minimum Gasteiger partial charge on any atom is -0.285 e. The zero-order valence-electron chi connectivity index (χ0n) is 11.1. The summed E-state index contributed by atoms with van der Waals surface area (Å²) in [7, 11) is 0. The summed E-state index contributed by atoms with van der Waals surface area (Å²) in [5, 5.41) is 0.495. The zero-order chi connectivity index (χ0) is 14.7. The predicted octanol–water partition coefficient (Wildman–Crippen LogP) is 3.00. The monoisotopic (exact) mass is 340 g/mol. The van der Waals surface area contributed by atoms with Gasteiger partial charge in [-0.2, -0.15) is 0 Å². The van der Waals surface area contributed by atoms with Crippen LogP contribution in [0.15, 0.2) is 45.7 Å². The van der Waals surface area contributed by atoms with E-state index < -0.39 is 0 Å². The van der Waals surface area contributed by atoms with Crippen LogP contribution in [0.25, 0.3) is 16.6 Å². The standard InChI is InChI=1S/C16H9BrN2O2/c1-8-2-5-13-11(6-8)14(20)15-18-12-4-3-9(17)7-10(12)16(21)19(13)15/h2-7H,1H3. The molecule has 2 aromatic carbocycles. The van der Waals surface area contributed by atoms with E-state index in [9.17, 15) is 9.59 Å². The highest BCUT2D eigenvalue weighted by atomic mass is 79.9. The number of fused-ring (bicyclic) bond motifs is 4. The maximum Gasteiger partial charge on any atom is 0.266 e. The van der Waals surface area contributed by atoms with Gasteiger partial charge in [-0.1, -0.05) is 27.6 Å². The van der Waals surface area contributed by atoms with Crippen LogP contribution in [-0.4, -0.2) is 15.3 Å². The van der Waals surface area contributed by atoms with Crippen molar-refractivity contribution in [3.8, 4) is 5.69 Å². The Morgan fingerprint density at radius 2 is 1.90 bits per heavy atom. The van der Waals surface area contributed by atoms with Gasteiger partial charge in [0.25, 0.3) is 5.56 Å². The van der Waals surface area contributed by atoms with Crippen molar-refractivity contribution in [3.63, 3.8) is 0 Å². The molecule has 0 radical (unpaired) electrons. The minimum absolute atomic E-state index is 0.190. The summed E-state index contributed by atoms with van der Waals surface area (Å²) < 4.78 is 2.22. The molecule has 0 fully saturated rings. The first-order valence-electron chi connectivity index (χ1n) is 6.44. The molecule has 21 heavy (non-hydrogen) atoms. The SMILES string of the molecule is Cc1ccc2c(c1)C(=O)c1nc3ccc(Br)cc3c(=O)n1-2. The molecule has 2 heterocycles. The Hall–Kier alpha value is -2.27. The smallest absolute Gasteiger partial charge is 0.266 e. The number of aryl methyl sites for hydroxylation is 1. The molecule has 0 saturated carbocycles. The molecule has 102 valence electrons. The van der Waals surface area contributed by atoms with Crippen molar-refractivity contribution in [1.82, 2.24) is 9.55 Å². The van der Waals surface area contributed by atoms with Gasteiger partial charge in [0.1, 0.15) is 0 Å². The van der Waals surface area contributed by atoms with Crippen molar-refractivity contribution in [2.45, 2.75) is 6.92 Å². The lowest BCUT2D eigenvalue weighted by Crippen LogP contribution is -2.21. The molecule has 1 aromatic heterocycles. The maximum atomic E-state index is 12.7. The molecule has 1 aliphatic heterocycles. The van der Waals surface area contributed by atoms with Crippen LogP contribution in [0.3, 0.4) is 0 Å². The van der Waals surface area contributed by atoms with E-state index in [1.165, 1.54) is 4.57 Å². The van der Waals surface area contributed by atoms with Crippen molar-refractivity contribution < 1.29 is 4.79 Å². The first-order chi connectivity index (χ1) is 10.1. The van der Waals surface area contributed by atoms with Crippen LogP contribution in [0.5, 0.6) is 0 Å². The number of benzene rings is 2. The van der Waals surface area contributed by atoms with E-state index in [1.54, 1.807) is 24.3 Å². The molecular weight excluding hydrogens is 332 g/mol. The highest BCUT2D eigenvalue weighted by molar-refractivity contribution is 9.10. The Balaban J connectivity index is 2.18. The molecule has 0 amide bonds. The van der Waals surface area contributed by atoms with E-state index >= 15 is 0 Å². The Morgan fingerprint density at radius 1 is 1.10 bits per heavy atom. The molecule has 0 bridgehead atoms. The first kappa shape index (κ1) is 12.5. The zero-order valence-corrected chi connectivity index (χ0v) is 12.6. The Kier molecular flexibility index (Phi) is 2.44. The van der Waals surface area contributed by atoms with Gasteiger partial charge >= 0.3 is 0 Å². The van der Waals surface area contributed by atoms with Crippen LogP contribution in [-0.2, 0) is 0 Å². The third-order valence-corrected chi connectivity index (χ3v) is 4.16. The highest BCUT2D eigenvalue weighted by Crippen LogP contribution is 2.27. The first-order valence-corrected chi connectivity index (χ1v) is 7.23. The fourth-order valence-corrected chi connectivity index (χ4v) is 3.04. The lowest BCUT2D eigenvalue weighted by atomic mass is 10.1. The van der Waals surface area contributed by atoms with Crippen molar-refractivity contribution in [2.24, 2.45) is 0 Å². The van der Waals surface area contributed by atoms with E-state index in [0.29, 0.717) is 22.2 Å². The summed E-state index contributed by atoms with van der Waals surface area (Å²) in [4.78, 5) is 29.6. The number of aromatic nitrogens is 2. The van der Waals surface area contributed by atoms with E-state index in [4.69, 9.17) is 0 Å². The van der Waals surface area contributed by atoms with Crippen LogP contribution < -0.4 is 5.56 Å². The predicted molar refractivity (Wildman–Crippen MR) is 83.2 cm³/mol. The molecule has 0 N–H and O–H groups in total. The normalized spacial score (nSPS) is 12.6. The largest absolute Gasteiger partial charge is 0.285 e. The Labute approximate surface area is 128 Å². The highest BCUT2D eigenvalue weighted by Gasteiger charge is 2.30. The molecule has 0 spiro atoms. The van der Waals surface area contributed by atoms with E-state index in [0.717, 1.165) is 10.0 Å². The molecule has 5 heteroatoms. The molecule has 0 saturated heterocycles. The third-order valence-electron chi connectivity index (χ3n) is 3.67. The summed E-state index contributed by atoms with van der Waals surface area (Å²) in [6, 6.07) is 10.8. The summed E-state index contributed by atoms with van der Waals surface area (Å²) in [5.74, 6) is -0.00830. The number of rotatable bonds is 0. The fraction of sp³-hybridized carbons (Fsp3) is 0.0625. The van der Waals surface area contributed by atoms with Gasteiger partial charge in [0, 0.05) is 4.47 Å². The van der Waals surface area contributed by atoms with Gasteiger partial charge in [0.2, 0.25) is 5.78 Å². The van der Waals surface area contributed by atoms with Crippen LogP contribution in [0.2, 0.25) is 0 Å². The molecule has 3 aromatic rings. The maximum absolute atomic E-state index is 12.7. The second kappa shape index (κ2) is 4.11. The van der Waals surface area contributed by atoms with Gasteiger partial charge < -0.3 is 0 Å². The lowest BCUT2D eigenvalue weighted by Gasteiger charge is -2.05. The van der Waals surface area contributed by atoms with Crippen LogP contribution in [0.4, 0.5) is 0 Å². The fourth-order valence-electron chi connectivity index (χ4n) is 2.68. The number of hydrogen-bond acceptors (Lipinski definition) is 3. The van der Waals surface area contributed by atoms with Gasteiger partial charge in [-0.25, -0.2) is 4.98 Å². The second-order valence-electron chi connectivity index (χ2n) is 5.09. The van der Waals surface area contributed by atoms with Crippen LogP contribution >= 0.6 is 15.9 Å². The van der Waals surface area contributed by atoms with Crippen molar-refractivity contribution >= 4 is 32.6 Å². The summed E-state index contributed by atoms with van der Waals surface area (Å²) in [6.45, 7) is 1.92. The Bertz CT molecular complexity index is 1010. The van der Waals surface area contributed by atoms with Crippen molar-refractivity contribution in [3.05, 3.63) is 68.2 Å². The van der Waals surface area contributed by atoms with Gasteiger partial charge in [-0.15, -0.1) is 0 Å². The van der Waals surface area contributed by atoms with Crippen LogP contribution in [0, 0.1) is 6.92 Å². The molecule has 1 aliphatic rings. The average Bonchev–Trinajstić information content (AvgIpc) is 2.73. The van der Waals surface area contributed by atoms with E-state index in [2.05, 4.69) is 20.9 Å². The number of carbonyl (C=O) groups excluding carboxylic acids is 1. The molecule has 4 rings (SSSR count). The number of carbonyl (C=O) groups is 1. The molecule has 4 nitrogen and oxygen atoms in total. The number of ketones is 1. The molecule has 0 atom stereocenters. The second-order valence-corrected chi connectivity index (χ2v) is 6.00. The van der Waals surface area contributed by atoms with Crippen molar-refractivity contribution in [1.29, 1.82) is 0 Å². The molecular formula is C16H9BrN2O2. The number of nitrogens with zero attached hydrogens (tertiary/aromatic N) is 2. The lowest BCUT2D eigenvalue weighted by molar-refractivity contribution is 0.103. The number of hydrogen-bond donors (Lipinski definition) is 0. The quantitative estimate of drug-likeness (QED) is 0.494. The van der Waals surface area contributed by atoms with E-state index in [-0.39, 0.29) is 17.2 Å². The minimum atomic E-state index is -0.216. The summed E-state index contributed by atoms with van der Waals surface area (Å²) >= 11 is 3.36. The van der Waals surface area contributed by atoms with E-state index in [1.807, 2.05) is 19.1 Å². The Morgan fingerprint density at radius 3 is 2.71 bits per heavy atom. The average molecular weight is 341 g/mol. The third kappa shape index (κ3) is 1.64. The topological polar surface area (TPSA) is 52.0 Å². The van der Waals surface area contributed by atoms with Crippen molar-refractivity contribution in [2.75, 3.05) is 0 Å². The summed E-state index contributed by atoms with van der Waals surface area (Å²) in [6.07, 6.45) is 0.